The van der Waals surface area contributed by atoms with Crippen molar-refractivity contribution in [2.45, 2.75) is 38.4 Å². The number of hydrogen-bond acceptors (Lipinski definition) is 5. The van der Waals surface area contributed by atoms with Gasteiger partial charge >= 0.3 is 11.9 Å². The second kappa shape index (κ2) is 7.42. The van der Waals surface area contributed by atoms with Crippen molar-refractivity contribution < 1.29 is 23.8 Å². The quantitative estimate of drug-likeness (QED) is 0.617. The van der Waals surface area contributed by atoms with Gasteiger partial charge in [0.25, 0.3) is 0 Å². The van der Waals surface area contributed by atoms with E-state index in [2.05, 4.69) is 6.58 Å². The van der Waals surface area contributed by atoms with Crippen molar-refractivity contribution in [1.82, 2.24) is 0 Å². The molecule has 1 saturated heterocycles. The molecule has 0 radical (unpaired) electrons. The van der Waals surface area contributed by atoms with E-state index in [0.717, 1.165) is 5.56 Å². The predicted octanol–water partition coefficient (Wildman–Crippen LogP) is 2.74. The molecule has 0 spiro atoms. The van der Waals surface area contributed by atoms with Crippen molar-refractivity contribution in [3.8, 4) is 0 Å². The average molecular weight is 318 g/mol. The zero-order chi connectivity index (χ0) is 16.9. The Kier molecular flexibility index (Phi) is 5.55. The van der Waals surface area contributed by atoms with Crippen molar-refractivity contribution in [2.24, 2.45) is 0 Å². The number of benzene rings is 1. The molecule has 1 aliphatic rings. The SMILES string of the molecule is C=C(C)C(=O)OC(C)C(=O)OC1(c2ccccc2)CCOCC1. The van der Waals surface area contributed by atoms with Crippen LogP contribution in [0.4, 0.5) is 0 Å². The van der Waals surface area contributed by atoms with Gasteiger partial charge in [-0.3, -0.25) is 0 Å². The molecule has 124 valence electrons. The van der Waals surface area contributed by atoms with Gasteiger partial charge in [0.2, 0.25) is 0 Å². The Labute approximate surface area is 136 Å². The molecule has 1 heterocycles. The fourth-order valence-electron chi connectivity index (χ4n) is 2.48. The molecule has 0 saturated carbocycles. The van der Waals surface area contributed by atoms with Crippen LogP contribution >= 0.6 is 0 Å². The lowest BCUT2D eigenvalue weighted by Gasteiger charge is -2.37. The first kappa shape index (κ1) is 17.2. The summed E-state index contributed by atoms with van der Waals surface area (Å²) >= 11 is 0. The van der Waals surface area contributed by atoms with Gasteiger partial charge in [-0.2, -0.15) is 0 Å². The number of hydrogen-bond donors (Lipinski definition) is 0. The van der Waals surface area contributed by atoms with Gasteiger partial charge < -0.3 is 14.2 Å². The molecule has 1 aromatic rings. The van der Waals surface area contributed by atoms with E-state index < -0.39 is 23.6 Å². The highest BCUT2D eigenvalue weighted by atomic mass is 16.6. The zero-order valence-corrected chi connectivity index (χ0v) is 13.5. The summed E-state index contributed by atoms with van der Waals surface area (Å²) in [5, 5.41) is 0. The summed E-state index contributed by atoms with van der Waals surface area (Å²) in [6, 6.07) is 9.60. The fourth-order valence-corrected chi connectivity index (χ4v) is 2.48. The van der Waals surface area contributed by atoms with Crippen molar-refractivity contribution >= 4 is 11.9 Å². The lowest BCUT2D eigenvalue weighted by molar-refractivity contribution is -0.185. The Bertz CT molecular complexity index is 572. The first-order valence-electron chi connectivity index (χ1n) is 7.67. The van der Waals surface area contributed by atoms with Gasteiger partial charge in [0.05, 0.1) is 13.2 Å². The Balaban J connectivity index is 2.13. The van der Waals surface area contributed by atoms with Crippen LogP contribution in [0.5, 0.6) is 0 Å². The van der Waals surface area contributed by atoms with Gasteiger partial charge in [-0.25, -0.2) is 9.59 Å². The summed E-state index contributed by atoms with van der Waals surface area (Å²) in [4.78, 5) is 23.9. The van der Waals surface area contributed by atoms with E-state index in [1.54, 1.807) is 0 Å². The van der Waals surface area contributed by atoms with Crippen LogP contribution in [-0.4, -0.2) is 31.3 Å². The molecule has 2 rings (SSSR count). The maximum absolute atomic E-state index is 12.4. The van der Waals surface area contributed by atoms with Gasteiger partial charge in [-0.05, 0) is 19.4 Å². The first-order valence-corrected chi connectivity index (χ1v) is 7.67. The third-order valence-electron chi connectivity index (χ3n) is 3.86. The van der Waals surface area contributed by atoms with E-state index in [1.807, 2.05) is 30.3 Å². The van der Waals surface area contributed by atoms with Crippen LogP contribution in [0, 0.1) is 0 Å². The number of carbonyl (C=O) groups is 2. The lowest BCUT2D eigenvalue weighted by atomic mass is 9.86. The molecule has 1 atom stereocenters. The molecule has 1 aliphatic heterocycles. The van der Waals surface area contributed by atoms with Crippen LogP contribution in [0.15, 0.2) is 42.5 Å². The molecule has 1 unspecified atom stereocenters. The molecule has 0 aromatic heterocycles. The Morgan fingerprint density at radius 3 is 2.39 bits per heavy atom. The van der Waals surface area contributed by atoms with E-state index in [1.165, 1.54) is 13.8 Å². The van der Waals surface area contributed by atoms with Crippen molar-refractivity contribution in [2.75, 3.05) is 13.2 Å². The highest BCUT2D eigenvalue weighted by Crippen LogP contribution is 2.36. The van der Waals surface area contributed by atoms with Crippen molar-refractivity contribution in [1.29, 1.82) is 0 Å². The van der Waals surface area contributed by atoms with Crippen LogP contribution in [0.25, 0.3) is 0 Å². The second-order valence-corrected chi connectivity index (χ2v) is 5.72. The van der Waals surface area contributed by atoms with E-state index in [9.17, 15) is 9.59 Å². The van der Waals surface area contributed by atoms with E-state index in [4.69, 9.17) is 14.2 Å². The van der Waals surface area contributed by atoms with E-state index >= 15 is 0 Å². The highest BCUT2D eigenvalue weighted by Gasteiger charge is 2.39. The molecular weight excluding hydrogens is 296 g/mol. The predicted molar refractivity (Wildman–Crippen MR) is 84.6 cm³/mol. The zero-order valence-electron chi connectivity index (χ0n) is 13.5. The summed E-state index contributed by atoms with van der Waals surface area (Å²) < 4.78 is 16.2. The summed E-state index contributed by atoms with van der Waals surface area (Å²) in [6.07, 6.45) is 0.163. The van der Waals surface area contributed by atoms with Crippen molar-refractivity contribution in [3.63, 3.8) is 0 Å². The van der Waals surface area contributed by atoms with Crippen LogP contribution in [0.3, 0.4) is 0 Å². The Hall–Kier alpha value is -2.14. The molecule has 1 fully saturated rings. The summed E-state index contributed by atoms with van der Waals surface area (Å²) in [5.74, 6) is -1.17. The van der Waals surface area contributed by atoms with Crippen molar-refractivity contribution in [3.05, 3.63) is 48.0 Å². The van der Waals surface area contributed by atoms with Gasteiger partial charge in [0.1, 0.15) is 5.60 Å². The highest BCUT2D eigenvalue weighted by molar-refractivity contribution is 5.89. The molecule has 5 nitrogen and oxygen atoms in total. The standard InChI is InChI=1S/C18H22O5/c1-13(2)16(19)22-14(3)17(20)23-18(9-11-21-12-10-18)15-7-5-4-6-8-15/h4-8,14H,1,9-12H2,2-3H3. The third kappa shape index (κ3) is 4.20. The first-order chi connectivity index (χ1) is 10.9. The largest absolute Gasteiger partial charge is 0.451 e. The molecule has 5 heteroatoms. The molecule has 0 amide bonds. The number of carbonyl (C=O) groups excluding carboxylic acids is 2. The summed E-state index contributed by atoms with van der Waals surface area (Å²) in [7, 11) is 0. The van der Waals surface area contributed by atoms with E-state index in [-0.39, 0.29) is 5.57 Å². The number of rotatable bonds is 5. The summed E-state index contributed by atoms with van der Waals surface area (Å²) in [5.41, 5.74) is 0.434. The molecule has 0 bridgehead atoms. The minimum absolute atomic E-state index is 0.244. The van der Waals surface area contributed by atoms with Gasteiger partial charge in [-0.1, -0.05) is 36.9 Å². The molecular formula is C18H22O5. The molecule has 23 heavy (non-hydrogen) atoms. The van der Waals surface area contributed by atoms with Crippen LogP contribution in [0.2, 0.25) is 0 Å². The maximum atomic E-state index is 12.4. The normalized spacial score (nSPS) is 17.8. The third-order valence-corrected chi connectivity index (χ3v) is 3.86. The maximum Gasteiger partial charge on any atom is 0.348 e. The van der Waals surface area contributed by atoms with Crippen LogP contribution < -0.4 is 0 Å². The minimum Gasteiger partial charge on any atom is -0.451 e. The number of ether oxygens (including phenoxy) is 3. The van der Waals surface area contributed by atoms with E-state index in [0.29, 0.717) is 26.1 Å². The number of esters is 2. The monoisotopic (exact) mass is 318 g/mol. The minimum atomic E-state index is -0.984. The molecule has 0 aliphatic carbocycles. The second-order valence-electron chi connectivity index (χ2n) is 5.72. The Morgan fingerprint density at radius 1 is 1.22 bits per heavy atom. The topological polar surface area (TPSA) is 61.8 Å². The Morgan fingerprint density at radius 2 is 1.83 bits per heavy atom. The van der Waals surface area contributed by atoms with Gasteiger partial charge in [-0.15, -0.1) is 0 Å². The molecule has 0 N–H and O–H groups in total. The van der Waals surface area contributed by atoms with Gasteiger partial charge in [0.15, 0.2) is 6.10 Å². The smallest absolute Gasteiger partial charge is 0.348 e. The fraction of sp³-hybridized carbons (Fsp3) is 0.444. The van der Waals surface area contributed by atoms with Gasteiger partial charge in [0, 0.05) is 18.4 Å². The molecule has 1 aromatic carbocycles. The summed E-state index contributed by atoms with van der Waals surface area (Å²) in [6.45, 7) is 7.57. The van der Waals surface area contributed by atoms with Crippen LogP contribution in [0.1, 0.15) is 32.3 Å². The van der Waals surface area contributed by atoms with Crippen LogP contribution in [-0.2, 0) is 29.4 Å². The lowest BCUT2D eigenvalue weighted by Crippen LogP contribution is -2.41. The average Bonchev–Trinajstić information content (AvgIpc) is 2.56.